The molecule has 1 aliphatic rings. The minimum Gasteiger partial charge on any atom is -0.271 e. The van der Waals surface area contributed by atoms with Gasteiger partial charge in [0.1, 0.15) is 6.04 Å². The average Bonchev–Trinajstić information content (AvgIpc) is 2.90. The molecule has 1 heterocycles. The Kier molecular flexibility index (Phi) is 4.73. The number of hydrazine groups is 1. The van der Waals surface area contributed by atoms with Gasteiger partial charge >= 0.3 is 0 Å². The summed E-state index contributed by atoms with van der Waals surface area (Å²) >= 11 is 5.75. The van der Waals surface area contributed by atoms with E-state index in [1.807, 2.05) is 0 Å². The second-order valence-corrected chi connectivity index (χ2v) is 6.09. The summed E-state index contributed by atoms with van der Waals surface area (Å²) in [5.74, 6) is -2.33. The Balaban J connectivity index is 1.65. The Bertz CT molecular complexity index is 876. The predicted octanol–water partition coefficient (Wildman–Crippen LogP) is 1.79. The van der Waals surface area contributed by atoms with Crippen LogP contribution in [0, 0.1) is 0 Å². The molecule has 0 radical (unpaired) electrons. The Hall–Kier alpha value is -3.19. The molecule has 2 aromatic rings. The summed E-state index contributed by atoms with van der Waals surface area (Å²) in [7, 11) is 0. The SMILES string of the molecule is CC(C(=O)NNC(=O)c1ccc(Cl)cc1)N1C(=O)c2ccccc2C1=O. The van der Waals surface area contributed by atoms with Crippen LogP contribution in [0.5, 0.6) is 0 Å². The van der Waals surface area contributed by atoms with Crippen LogP contribution in [0.1, 0.15) is 38.0 Å². The van der Waals surface area contributed by atoms with Crippen LogP contribution in [0.4, 0.5) is 0 Å². The first-order chi connectivity index (χ1) is 12.4. The molecular formula is C18H14ClN3O4. The Labute approximate surface area is 153 Å². The predicted molar refractivity (Wildman–Crippen MR) is 93.5 cm³/mol. The highest BCUT2D eigenvalue weighted by Crippen LogP contribution is 2.24. The lowest BCUT2D eigenvalue weighted by Crippen LogP contribution is -2.52. The third-order valence-electron chi connectivity index (χ3n) is 4.00. The summed E-state index contributed by atoms with van der Waals surface area (Å²) in [6, 6.07) is 11.3. The van der Waals surface area contributed by atoms with Crippen molar-refractivity contribution in [3.05, 3.63) is 70.2 Å². The van der Waals surface area contributed by atoms with Crippen molar-refractivity contribution in [3.8, 4) is 0 Å². The van der Waals surface area contributed by atoms with Crippen LogP contribution in [-0.4, -0.2) is 34.6 Å². The van der Waals surface area contributed by atoms with E-state index in [0.29, 0.717) is 10.6 Å². The Morgan fingerprint density at radius 2 is 1.46 bits per heavy atom. The van der Waals surface area contributed by atoms with Gasteiger partial charge in [-0.3, -0.25) is 34.9 Å². The quantitative estimate of drug-likeness (QED) is 0.635. The van der Waals surface area contributed by atoms with E-state index < -0.39 is 29.7 Å². The van der Waals surface area contributed by atoms with Crippen LogP contribution >= 0.6 is 11.6 Å². The van der Waals surface area contributed by atoms with Gasteiger partial charge in [0.15, 0.2) is 0 Å². The van der Waals surface area contributed by atoms with E-state index in [2.05, 4.69) is 10.9 Å². The lowest BCUT2D eigenvalue weighted by Gasteiger charge is -2.21. The van der Waals surface area contributed by atoms with Crippen LogP contribution in [0.2, 0.25) is 5.02 Å². The van der Waals surface area contributed by atoms with Gasteiger partial charge in [-0.1, -0.05) is 23.7 Å². The van der Waals surface area contributed by atoms with E-state index in [1.54, 1.807) is 24.3 Å². The topological polar surface area (TPSA) is 95.6 Å². The zero-order valence-electron chi connectivity index (χ0n) is 13.7. The molecule has 8 heteroatoms. The first-order valence-corrected chi connectivity index (χ1v) is 8.10. The van der Waals surface area contributed by atoms with Gasteiger partial charge in [0.25, 0.3) is 23.6 Å². The van der Waals surface area contributed by atoms with Crippen LogP contribution in [-0.2, 0) is 4.79 Å². The molecule has 4 amide bonds. The molecule has 1 unspecified atom stereocenters. The van der Waals surface area contributed by atoms with Crippen molar-refractivity contribution in [1.82, 2.24) is 15.8 Å². The van der Waals surface area contributed by atoms with Crippen LogP contribution in [0.25, 0.3) is 0 Å². The molecule has 3 rings (SSSR count). The maximum absolute atomic E-state index is 12.4. The van der Waals surface area contributed by atoms with Gasteiger partial charge in [-0.25, -0.2) is 0 Å². The lowest BCUT2D eigenvalue weighted by atomic mass is 10.1. The summed E-state index contributed by atoms with van der Waals surface area (Å²) in [6.45, 7) is 1.41. The fourth-order valence-corrected chi connectivity index (χ4v) is 2.70. The van der Waals surface area contributed by atoms with E-state index in [1.165, 1.54) is 31.2 Å². The highest BCUT2D eigenvalue weighted by Gasteiger charge is 2.40. The van der Waals surface area contributed by atoms with E-state index >= 15 is 0 Å². The first kappa shape index (κ1) is 17.6. The smallest absolute Gasteiger partial charge is 0.269 e. The molecule has 0 spiro atoms. The van der Waals surface area contributed by atoms with Crippen molar-refractivity contribution in [2.45, 2.75) is 13.0 Å². The van der Waals surface area contributed by atoms with Gasteiger partial charge in [-0.05, 0) is 43.3 Å². The van der Waals surface area contributed by atoms with Gasteiger partial charge in [-0.15, -0.1) is 0 Å². The van der Waals surface area contributed by atoms with Crippen molar-refractivity contribution in [2.75, 3.05) is 0 Å². The number of halogens is 1. The number of nitrogens with zero attached hydrogens (tertiary/aromatic N) is 1. The van der Waals surface area contributed by atoms with Crippen molar-refractivity contribution < 1.29 is 19.2 Å². The molecule has 0 fully saturated rings. The van der Waals surface area contributed by atoms with Gasteiger partial charge in [0.05, 0.1) is 11.1 Å². The first-order valence-electron chi connectivity index (χ1n) is 7.73. The summed E-state index contributed by atoms with van der Waals surface area (Å²) in [5, 5.41) is 0.477. The maximum Gasteiger partial charge on any atom is 0.269 e. The third-order valence-corrected chi connectivity index (χ3v) is 4.25. The average molecular weight is 372 g/mol. The lowest BCUT2D eigenvalue weighted by molar-refractivity contribution is -0.125. The molecular weight excluding hydrogens is 358 g/mol. The number of imide groups is 1. The number of carbonyl (C=O) groups is 4. The molecule has 0 saturated carbocycles. The number of carbonyl (C=O) groups excluding carboxylic acids is 4. The molecule has 2 aromatic carbocycles. The normalized spacial score (nSPS) is 14.0. The summed E-state index contributed by atoms with van der Waals surface area (Å²) in [6.07, 6.45) is 0. The standard InChI is InChI=1S/C18H14ClN3O4/c1-10(22-17(25)13-4-2-3-5-14(13)18(22)26)15(23)20-21-16(24)11-6-8-12(19)9-7-11/h2-10H,1H3,(H,20,23)(H,21,24). The number of benzene rings is 2. The monoisotopic (exact) mass is 371 g/mol. The fourth-order valence-electron chi connectivity index (χ4n) is 2.57. The van der Waals surface area contributed by atoms with Gasteiger partial charge in [0.2, 0.25) is 0 Å². The largest absolute Gasteiger partial charge is 0.271 e. The summed E-state index contributed by atoms with van der Waals surface area (Å²) in [5.41, 5.74) is 5.26. The molecule has 26 heavy (non-hydrogen) atoms. The zero-order valence-corrected chi connectivity index (χ0v) is 14.4. The molecule has 0 aromatic heterocycles. The molecule has 2 N–H and O–H groups in total. The highest BCUT2D eigenvalue weighted by molar-refractivity contribution is 6.30. The molecule has 0 bridgehead atoms. The summed E-state index contributed by atoms with van der Waals surface area (Å²) in [4.78, 5) is 49.9. The van der Waals surface area contributed by atoms with Crippen LogP contribution < -0.4 is 10.9 Å². The Morgan fingerprint density at radius 3 is 2.00 bits per heavy atom. The molecule has 7 nitrogen and oxygen atoms in total. The highest BCUT2D eigenvalue weighted by atomic mass is 35.5. The molecule has 1 aliphatic heterocycles. The van der Waals surface area contributed by atoms with E-state index in [9.17, 15) is 19.2 Å². The molecule has 132 valence electrons. The van der Waals surface area contributed by atoms with Crippen molar-refractivity contribution in [2.24, 2.45) is 0 Å². The fraction of sp³-hybridized carbons (Fsp3) is 0.111. The number of hydrogen-bond acceptors (Lipinski definition) is 4. The van der Waals surface area contributed by atoms with Gasteiger partial charge in [-0.2, -0.15) is 0 Å². The maximum atomic E-state index is 12.4. The van der Waals surface area contributed by atoms with E-state index in [-0.39, 0.29) is 11.1 Å². The Morgan fingerprint density at radius 1 is 0.923 bits per heavy atom. The molecule has 0 saturated heterocycles. The summed E-state index contributed by atoms with van der Waals surface area (Å²) < 4.78 is 0. The second kappa shape index (κ2) is 6.97. The molecule has 0 aliphatic carbocycles. The third kappa shape index (κ3) is 3.16. The van der Waals surface area contributed by atoms with Crippen molar-refractivity contribution in [1.29, 1.82) is 0 Å². The number of amides is 4. The van der Waals surface area contributed by atoms with Crippen molar-refractivity contribution in [3.63, 3.8) is 0 Å². The van der Waals surface area contributed by atoms with E-state index in [4.69, 9.17) is 11.6 Å². The number of fused-ring (bicyclic) bond motifs is 1. The second-order valence-electron chi connectivity index (χ2n) is 5.65. The minimum atomic E-state index is -1.09. The number of hydrogen-bond donors (Lipinski definition) is 2. The number of nitrogens with one attached hydrogen (secondary N) is 2. The minimum absolute atomic E-state index is 0.252. The van der Waals surface area contributed by atoms with Gasteiger partial charge < -0.3 is 0 Å². The van der Waals surface area contributed by atoms with Crippen LogP contribution in [0.15, 0.2) is 48.5 Å². The van der Waals surface area contributed by atoms with E-state index in [0.717, 1.165) is 4.90 Å². The van der Waals surface area contributed by atoms with Crippen molar-refractivity contribution >= 4 is 35.2 Å². The zero-order chi connectivity index (χ0) is 18.8. The van der Waals surface area contributed by atoms with Gasteiger partial charge in [0, 0.05) is 10.6 Å². The molecule has 1 atom stereocenters. The van der Waals surface area contributed by atoms with Crippen LogP contribution in [0.3, 0.4) is 0 Å². The number of rotatable bonds is 3.